The molecule has 17 heteroatoms. The summed E-state index contributed by atoms with van der Waals surface area (Å²) in [5.41, 5.74) is 0. The molecular formula is C24H32O16Sn. The number of carbonyl (C=O) groups excluding carboxylic acids is 2. The molecule has 16 nitrogen and oxygen atoms in total. The van der Waals surface area contributed by atoms with E-state index in [-0.39, 0.29) is 21.1 Å². The van der Waals surface area contributed by atoms with Crippen LogP contribution in [0.4, 0.5) is 0 Å². The van der Waals surface area contributed by atoms with Crippen LogP contribution in [0, 0.1) is 0 Å². The van der Waals surface area contributed by atoms with Gasteiger partial charge in [0, 0.05) is 36.5 Å². The van der Waals surface area contributed by atoms with E-state index < -0.39 is 47.8 Å². The number of hydrogen-bond acceptors (Lipinski definition) is 10. The third-order valence-electron chi connectivity index (χ3n) is 2.88. The van der Waals surface area contributed by atoms with E-state index in [0.717, 1.165) is 0 Å². The quantitative estimate of drug-likeness (QED) is 0.0744. The third-order valence-corrected chi connectivity index (χ3v) is 6.91. The van der Waals surface area contributed by atoms with Crippen LogP contribution in [0.15, 0.2) is 48.6 Å². The normalized spacial score (nSPS) is 9.41. The van der Waals surface area contributed by atoms with Gasteiger partial charge in [0.15, 0.2) is 0 Å². The minimum absolute atomic E-state index is 0.149. The van der Waals surface area contributed by atoms with Crippen LogP contribution < -0.4 is 10.2 Å². The Morgan fingerprint density at radius 3 is 0.780 bits per heavy atom. The summed E-state index contributed by atoms with van der Waals surface area (Å²) in [5.74, 6) is -10.6. The molecule has 0 aliphatic carbocycles. The molecule has 228 valence electrons. The zero-order valence-corrected chi connectivity index (χ0v) is 25.0. The Morgan fingerprint density at radius 2 is 0.659 bits per heavy atom. The Bertz CT molecular complexity index is 726. The standard InChI is InChI=1S/4C4H4O4.2C4H9.Sn/c4*5-3(6)1-2-4(7)8;2*1-3-4-2;/h4*1-2H,(H,5,6)(H,7,8);2*1,3-4H2,2H3;/q;;;;;;+2/p-2/b4*2-1-;;;. The molecule has 0 aliphatic rings. The maximum absolute atomic E-state index is 9.55. The molecule has 0 rings (SSSR count). The molecular weight excluding hydrogens is 663 g/mol. The molecule has 0 aromatic carbocycles. The smallest absolute Gasteiger partial charge is 0.328 e. The summed E-state index contributed by atoms with van der Waals surface area (Å²) in [4.78, 5) is 76.2. The summed E-state index contributed by atoms with van der Waals surface area (Å²) in [7, 11) is 0. The van der Waals surface area contributed by atoms with Gasteiger partial charge in [-0.1, -0.05) is 0 Å². The van der Waals surface area contributed by atoms with E-state index >= 15 is 0 Å². The van der Waals surface area contributed by atoms with Crippen LogP contribution in [0.25, 0.3) is 0 Å². The molecule has 0 fully saturated rings. The van der Waals surface area contributed by atoms with Gasteiger partial charge in [-0.3, -0.25) is 0 Å². The fourth-order valence-corrected chi connectivity index (χ4v) is 5.45. The SMILES string of the molecule is CCC[CH2][Sn+2][CH2]CCC.O=C(O)/C=C\C(=O)O.O=C(O)/C=C\C(=O)O.O=C(O)/C=C\C(=O)O.O=C([O-])/C=C\C(=O)[O-]. The summed E-state index contributed by atoms with van der Waals surface area (Å²) in [6.45, 7) is 4.58. The third kappa shape index (κ3) is 86.2. The van der Waals surface area contributed by atoms with Crippen molar-refractivity contribution in [2.24, 2.45) is 0 Å². The second-order valence-electron chi connectivity index (χ2n) is 6.46. The van der Waals surface area contributed by atoms with E-state index in [0.29, 0.717) is 48.6 Å². The molecule has 0 heterocycles. The predicted molar refractivity (Wildman–Crippen MR) is 138 cm³/mol. The molecule has 0 radical (unpaired) electrons. The van der Waals surface area contributed by atoms with Crippen molar-refractivity contribution in [1.29, 1.82) is 0 Å². The fourth-order valence-electron chi connectivity index (χ4n) is 1.29. The molecule has 0 unspecified atom stereocenters. The van der Waals surface area contributed by atoms with E-state index in [2.05, 4.69) is 13.8 Å². The molecule has 0 aromatic heterocycles. The Kier molecular flexibility index (Phi) is 40.2. The van der Waals surface area contributed by atoms with Gasteiger partial charge in [0.05, 0.1) is 11.9 Å². The van der Waals surface area contributed by atoms with Gasteiger partial charge < -0.3 is 50.4 Å². The Morgan fingerprint density at radius 1 is 0.463 bits per heavy atom. The molecule has 0 saturated heterocycles. The van der Waals surface area contributed by atoms with Crippen molar-refractivity contribution in [3.05, 3.63) is 48.6 Å². The molecule has 0 atom stereocenters. The van der Waals surface area contributed by atoms with Gasteiger partial charge in [0.2, 0.25) is 0 Å². The zero-order chi connectivity index (χ0) is 33.2. The van der Waals surface area contributed by atoms with Gasteiger partial charge in [0.25, 0.3) is 0 Å². The topological polar surface area (TPSA) is 304 Å². The van der Waals surface area contributed by atoms with Crippen LogP contribution in [-0.4, -0.2) is 99.5 Å². The van der Waals surface area contributed by atoms with Crippen molar-refractivity contribution < 1.29 is 79.2 Å². The largest absolute Gasteiger partial charge is 0.545 e. The van der Waals surface area contributed by atoms with Gasteiger partial charge in [0.1, 0.15) is 0 Å². The van der Waals surface area contributed by atoms with Crippen molar-refractivity contribution in [3.63, 3.8) is 0 Å². The van der Waals surface area contributed by atoms with Crippen molar-refractivity contribution in [2.75, 3.05) is 0 Å². The van der Waals surface area contributed by atoms with Crippen LogP contribution in [0.1, 0.15) is 39.5 Å². The number of carbonyl (C=O) groups is 8. The molecule has 0 spiro atoms. The van der Waals surface area contributed by atoms with E-state index in [4.69, 9.17) is 30.6 Å². The maximum Gasteiger partial charge on any atom is 0.328 e. The van der Waals surface area contributed by atoms with E-state index in [9.17, 15) is 48.6 Å². The summed E-state index contributed by atoms with van der Waals surface area (Å²) in [6.07, 6.45) is 9.95. The molecule has 0 aliphatic heterocycles. The van der Waals surface area contributed by atoms with Gasteiger partial charge >= 0.3 is 105 Å². The molecule has 0 saturated carbocycles. The number of carboxylic acid groups (broad SMARTS) is 8. The van der Waals surface area contributed by atoms with Crippen LogP contribution in [0.3, 0.4) is 0 Å². The number of unbranched alkanes of at least 4 members (excludes halogenated alkanes) is 2. The minimum Gasteiger partial charge on any atom is -0.545 e. The monoisotopic (exact) mass is 696 g/mol. The first kappa shape index (κ1) is 46.4. The van der Waals surface area contributed by atoms with Gasteiger partial charge in [-0.25, -0.2) is 28.8 Å². The summed E-state index contributed by atoms with van der Waals surface area (Å²) >= 11 is 0.149. The molecule has 0 bridgehead atoms. The average molecular weight is 695 g/mol. The predicted octanol–water partition coefficient (Wildman–Crippen LogP) is -0.695. The molecule has 0 amide bonds. The van der Waals surface area contributed by atoms with E-state index in [1.165, 1.54) is 25.7 Å². The van der Waals surface area contributed by atoms with E-state index in [1.807, 2.05) is 0 Å². The number of aliphatic carboxylic acids is 8. The van der Waals surface area contributed by atoms with Crippen molar-refractivity contribution in [3.8, 4) is 0 Å². The number of hydrogen-bond donors (Lipinski definition) is 6. The average Bonchev–Trinajstić information content (AvgIpc) is 2.85. The summed E-state index contributed by atoms with van der Waals surface area (Å²) in [5, 5.41) is 65.7. The van der Waals surface area contributed by atoms with Crippen LogP contribution in [-0.2, 0) is 38.4 Å². The second kappa shape index (κ2) is 35.5. The van der Waals surface area contributed by atoms with E-state index in [1.54, 1.807) is 8.87 Å². The first-order chi connectivity index (χ1) is 18.9. The Hall–Kier alpha value is -4.48. The van der Waals surface area contributed by atoms with Crippen molar-refractivity contribution in [1.82, 2.24) is 0 Å². The minimum atomic E-state index is -1.55. The first-order valence-electron chi connectivity index (χ1n) is 11.1. The molecule has 6 N–H and O–H groups in total. The fraction of sp³-hybridized carbons (Fsp3) is 0.333. The van der Waals surface area contributed by atoms with Crippen molar-refractivity contribution in [2.45, 2.75) is 48.4 Å². The number of rotatable bonds is 14. The van der Waals surface area contributed by atoms with Gasteiger partial charge in [-0.05, 0) is 12.2 Å². The first-order valence-corrected chi connectivity index (χ1v) is 15.2. The molecule has 0 aromatic rings. The van der Waals surface area contributed by atoms with Crippen molar-refractivity contribution >= 4 is 68.9 Å². The molecule has 41 heavy (non-hydrogen) atoms. The van der Waals surface area contributed by atoms with Crippen LogP contribution >= 0.6 is 0 Å². The summed E-state index contributed by atoms with van der Waals surface area (Å²) in [6, 6.07) is 0. The van der Waals surface area contributed by atoms with Crippen LogP contribution in [0.5, 0.6) is 0 Å². The second-order valence-corrected chi connectivity index (χ2v) is 10.7. The Labute approximate surface area is 244 Å². The zero-order valence-electron chi connectivity index (χ0n) is 22.1. The Balaban J connectivity index is -0.000000132. The van der Waals surface area contributed by atoms with Gasteiger partial charge in [-0.15, -0.1) is 0 Å². The van der Waals surface area contributed by atoms with Gasteiger partial charge in [-0.2, -0.15) is 0 Å². The van der Waals surface area contributed by atoms with Crippen LogP contribution in [0.2, 0.25) is 8.87 Å². The number of carboxylic acids is 8. The summed E-state index contributed by atoms with van der Waals surface area (Å²) < 4.78 is 3.25. The maximum atomic E-state index is 9.55.